The van der Waals surface area contributed by atoms with E-state index in [4.69, 9.17) is 0 Å². The molecule has 0 aromatic heterocycles. The van der Waals surface area contributed by atoms with Crippen LogP contribution in [0.1, 0.15) is 78.6 Å². The maximum atomic E-state index is 11.0. The summed E-state index contributed by atoms with van der Waals surface area (Å²) >= 11 is 0. The van der Waals surface area contributed by atoms with E-state index in [0.29, 0.717) is 41.4 Å². The van der Waals surface area contributed by atoms with E-state index in [0.717, 1.165) is 25.7 Å². The number of hydrogen-bond donors (Lipinski definition) is 2. The van der Waals surface area contributed by atoms with Gasteiger partial charge in [-0.2, -0.15) is 5.26 Å². The lowest BCUT2D eigenvalue weighted by Crippen LogP contribution is -2.58. The molecule has 0 aromatic carbocycles. The van der Waals surface area contributed by atoms with E-state index in [1.807, 2.05) is 0 Å². The summed E-state index contributed by atoms with van der Waals surface area (Å²) < 4.78 is 0. The van der Waals surface area contributed by atoms with Crippen molar-refractivity contribution in [3.63, 3.8) is 0 Å². The Morgan fingerprint density at radius 1 is 0.962 bits per heavy atom. The van der Waals surface area contributed by atoms with Crippen LogP contribution in [0.25, 0.3) is 0 Å². The molecular weight excluding hydrogens is 322 g/mol. The van der Waals surface area contributed by atoms with Crippen LogP contribution < -0.4 is 0 Å². The molecule has 0 bridgehead atoms. The van der Waals surface area contributed by atoms with Crippen molar-refractivity contribution in [2.24, 2.45) is 46.3 Å². The Morgan fingerprint density at radius 3 is 2.38 bits per heavy atom. The molecule has 0 heterocycles. The lowest BCUT2D eigenvalue weighted by molar-refractivity contribution is -0.172. The van der Waals surface area contributed by atoms with Crippen LogP contribution in [-0.4, -0.2) is 22.4 Å². The number of aliphatic hydroxyl groups is 2. The summed E-state index contributed by atoms with van der Waals surface area (Å²) in [5, 5.41) is 30.4. The SMILES string of the molecule is C[C@H](CC#N)[C@H]1CC[C@H]2[C@@H]3C[C@H](O)[C@@H]4C[C@H](O)CC[C@]4(C)[C@H]3CC[C@]12C. The summed E-state index contributed by atoms with van der Waals surface area (Å²) in [4.78, 5) is 0. The first kappa shape index (κ1) is 18.8. The normalized spacial score (nSPS) is 54.5. The van der Waals surface area contributed by atoms with Gasteiger partial charge in [0.1, 0.15) is 0 Å². The predicted molar refractivity (Wildman–Crippen MR) is 102 cm³/mol. The van der Waals surface area contributed by atoms with E-state index < -0.39 is 0 Å². The number of aliphatic hydroxyl groups excluding tert-OH is 2. The quantitative estimate of drug-likeness (QED) is 0.761. The fraction of sp³-hybridized carbons (Fsp3) is 0.957. The van der Waals surface area contributed by atoms with E-state index in [1.165, 1.54) is 25.7 Å². The van der Waals surface area contributed by atoms with Gasteiger partial charge in [0.2, 0.25) is 0 Å². The highest BCUT2D eigenvalue weighted by atomic mass is 16.3. The van der Waals surface area contributed by atoms with E-state index in [2.05, 4.69) is 26.8 Å². The molecule has 4 aliphatic rings. The average molecular weight is 360 g/mol. The summed E-state index contributed by atoms with van der Waals surface area (Å²) in [5.74, 6) is 3.52. The van der Waals surface area contributed by atoms with Crippen molar-refractivity contribution in [3.05, 3.63) is 0 Å². The molecule has 0 spiro atoms. The van der Waals surface area contributed by atoms with Crippen molar-refractivity contribution in [2.45, 2.75) is 90.8 Å². The van der Waals surface area contributed by atoms with Crippen molar-refractivity contribution in [1.29, 1.82) is 5.26 Å². The van der Waals surface area contributed by atoms with Crippen molar-refractivity contribution < 1.29 is 10.2 Å². The minimum Gasteiger partial charge on any atom is -0.393 e. The Kier molecular flexibility index (Phi) is 4.68. The highest BCUT2D eigenvalue weighted by molar-refractivity contribution is 5.11. The van der Waals surface area contributed by atoms with Crippen molar-refractivity contribution >= 4 is 0 Å². The second-order valence-corrected chi connectivity index (χ2v) is 10.8. The largest absolute Gasteiger partial charge is 0.393 e. The van der Waals surface area contributed by atoms with E-state index in [9.17, 15) is 15.5 Å². The van der Waals surface area contributed by atoms with Gasteiger partial charge >= 0.3 is 0 Å². The first-order valence-corrected chi connectivity index (χ1v) is 11.0. The second kappa shape index (κ2) is 6.49. The molecule has 4 aliphatic carbocycles. The van der Waals surface area contributed by atoms with Crippen LogP contribution in [0.4, 0.5) is 0 Å². The first-order valence-electron chi connectivity index (χ1n) is 11.0. The summed E-state index contributed by atoms with van der Waals surface area (Å²) in [5.41, 5.74) is 0.563. The zero-order valence-electron chi connectivity index (χ0n) is 16.8. The number of rotatable bonds is 2. The van der Waals surface area contributed by atoms with E-state index in [-0.39, 0.29) is 23.5 Å². The van der Waals surface area contributed by atoms with Crippen LogP contribution in [0.2, 0.25) is 0 Å². The molecule has 0 aliphatic heterocycles. The zero-order valence-corrected chi connectivity index (χ0v) is 16.8. The Bertz CT molecular complexity index is 585. The van der Waals surface area contributed by atoms with Crippen LogP contribution in [0.5, 0.6) is 0 Å². The third-order valence-electron chi connectivity index (χ3n) is 9.83. The fourth-order valence-electron chi connectivity index (χ4n) is 8.54. The number of nitriles is 1. The summed E-state index contributed by atoms with van der Waals surface area (Å²) in [6.45, 7) is 7.21. The molecule has 4 saturated carbocycles. The maximum absolute atomic E-state index is 11.0. The van der Waals surface area contributed by atoms with Gasteiger partial charge in [-0.05, 0) is 97.7 Å². The second-order valence-electron chi connectivity index (χ2n) is 10.8. The van der Waals surface area contributed by atoms with Gasteiger partial charge in [-0.25, -0.2) is 0 Å². The van der Waals surface area contributed by atoms with Gasteiger partial charge in [0.15, 0.2) is 0 Å². The van der Waals surface area contributed by atoms with Gasteiger partial charge in [-0.15, -0.1) is 0 Å². The van der Waals surface area contributed by atoms with Crippen molar-refractivity contribution in [2.75, 3.05) is 0 Å². The highest BCUT2D eigenvalue weighted by Crippen LogP contribution is 2.68. The summed E-state index contributed by atoms with van der Waals surface area (Å²) in [6.07, 6.45) is 9.08. The summed E-state index contributed by atoms with van der Waals surface area (Å²) in [6, 6.07) is 2.40. The van der Waals surface area contributed by atoms with Gasteiger partial charge in [-0.3, -0.25) is 0 Å². The fourth-order valence-corrected chi connectivity index (χ4v) is 8.54. The van der Waals surface area contributed by atoms with Gasteiger partial charge in [-0.1, -0.05) is 20.8 Å². The Balaban J connectivity index is 1.61. The van der Waals surface area contributed by atoms with E-state index in [1.54, 1.807) is 0 Å². The van der Waals surface area contributed by atoms with Crippen molar-refractivity contribution in [3.8, 4) is 6.07 Å². The molecule has 0 saturated heterocycles. The molecule has 0 radical (unpaired) electrons. The van der Waals surface area contributed by atoms with Crippen LogP contribution >= 0.6 is 0 Å². The van der Waals surface area contributed by atoms with Crippen molar-refractivity contribution in [1.82, 2.24) is 0 Å². The summed E-state index contributed by atoms with van der Waals surface area (Å²) in [7, 11) is 0. The topological polar surface area (TPSA) is 64.2 Å². The van der Waals surface area contributed by atoms with Gasteiger partial charge in [0.25, 0.3) is 0 Å². The third kappa shape index (κ3) is 2.59. The highest BCUT2D eigenvalue weighted by Gasteiger charge is 2.62. The average Bonchev–Trinajstić information content (AvgIpc) is 2.94. The first-order chi connectivity index (χ1) is 12.3. The molecule has 2 N–H and O–H groups in total. The molecule has 4 rings (SSSR count). The zero-order chi connectivity index (χ0) is 18.7. The van der Waals surface area contributed by atoms with E-state index >= 15 is 0 Å². The maximum Gasteiger partial charge on any atom is 0.0624 e. The minimum atomic E-state index is -0.242. The molecule has 0 amide bonds. The molecular formula is C23H37NO2. The third-order valence-corrected chi connectivity index (χ3v) is 9.83. The number of hydrogen-bond acceptors (Lipinski definition) is 3. The Labute approximate surface area is 159 Å². The molecule has 10 atom stereocenters. The Hall–Kier alpha value is -0.590. The van der Waals surface area contributed by atoms with Crippen LogP contribution in [0.3, 0.4) is 0 Å². The molecule has 26 heavy (non-hydrogen) atoms. The number of fused-ring (bicyclic) bond motifs is 5. The number of nitrogens with zero attached hydrogens (tertiary/aromatic N) is 1. The smallest absolute Gasteiger partial charge is 0.0624 e. The molecule has 3 heteroatoms. The molecule has 3 nitrogen and oxygen atoms in total. The van der Waals surface area contributed by atoms with Crippen LogP contribution in [0, 0.1) is 57.7 Å². The minimum absolute atomic E-state index is 0.208. The molecule has 4 fully saturated rings. The van der Waals surface area contributed by atoms with Crippen LogP contribution in [0.15, 0.2) is 0 Å². The molecule has 0 unspecified atom stereocenters. The predicted octanol–water partition coefficient (Wildman–Crippen LogP) is 4.53. The lowest BCUT2D eigenvalue weighted by Gasteiger charge is -2.62. The van der Waals surface area contributed by atoms with Gasteiger partial charge < -0.3 is 10.2 Å². The van der Waals surface area contributed by atoms with Gasteiger partial charge in [0.05, 0.1) is 18.3 Å². The monoisotopic (exact) mass is 359 g/mol. The lowest BCUT2D eigenvalue weighted by atomic mass is 9.44. The standard InChI is InChI=1S/C23H37NO2/c1-14(8-11-24)17-4-5-18-16-13-21(26)20-12-15(25)6-9-23(20,3)19(16)7-10-22(17,18)2/h14-21,25-26H,4-10,12-13H2,1-3H3/t14-,15-,16+,17-,18+,19+,20+,21+,22-,23-/m1/s1. The Morgan fingerprint density at radius 2 is 1.65 bits per heavy atom. The molecule has 0 aromatic rings. The van der Waals surface area contributed by atoms with Gasteiger partial charge in [0, 0.05) is 6.42 Å². The molecule has 146 valence electrons. The van der Waals surface area contributed by atoms with Crippen LogP contribution in [-0.2, 0) is 0 Å².